The van der Waals surface area contributed by atoms with Crippen molar-refractivity contribution in [1.82, 2.24) is 25.0 Å². The van der Waals surface area contributed by atoms with Gasteiger partial charge < -0.3 is 19.5 Å². The van der Waals surface area contributed by atoms with Crippen molar-refractivity contribution in [1.29, 1.82) is 0 Å². The fraction of sp³-hybridized carbons (Fsp3) is 0.500. The number of hydrogen-bond donors (Lipinski definition) is 1. The van der Waals surface area contributed by atoms with E-state index in [4.69, 9.17) is 9.73 Å². The van der Waals surface area contributed by atoms with Gasteiger partial charge in [-0.25, -0.2) is 4.99 Å². The van der Waals surface area contributed by atoms with Gasteiger partial charge in [0.1, 0.15) is 12.4 Å². The Bertz CT molecular complexity index is 823. The number of aromatic nitrogens is 3. The summed E-state index contributed by atoms with van der Waals surface area (Å²) < 4.78 is 7.15. The lowest BCUT2D eigenvalue weighted by atomic mass is 10.0. The molecule has 8 heteroatoms. The van der Waals surface area contributed by atoms with Gasteiger partial charge in [-0.1, -0.05) is 42.0 Å². The first-order chi connectivity index (χ1) is 14.2. The molecule has 1 N–H and O–H groups in total. The number of rotatable bonds is 7. The second-order valence-corrected chi connectivity index (χ2v) is 7.34. The molecule has 0 unspecified atom stereocenters. The molecule has 1 aromatic carbocycles. The molecule has 30 heavy (non-hydrogen) atoms. The van der Waals surface area contributed by atoms with Gasteiger partial charge in [-0.15, -0.1) is 34.2 Å². The molecule has 164 valence electrons. The van der Waals surface area contributed by atoms with E-state index in [0.29, 0.717) is 6.54 Å². The Hall–Kier alpha value is -1.94. The van der Waals surface area contributed by atoms with Gasteiger partial charge >= 0.3 is 0 Å². The van der Waals surface area contributed by atoms with Crippen molar-refractivity contribution in [3.8, 4) is 0 Å². The van der Waals surface area contributed by atoms with Gasteiger partial charge in [-0.3, -0.25) is 0 Å². The minimum Gasteiger partial charge on any atom is -0.385 e. The number of ether oxygens (including phenoxy) is 1. The maximum absolute atomic E-state index is 5.17. The second kappa shape index (κ2) is 12.7. The van der Waals surface area contributed by atoms with Gasteiger partial charge in [-0.2, -0.15) is 0 Å². The van der Waals surface area contributed by atoms with Crippen molar-refractivity contribution < 1.29 is 4.74 Å². The van der Waals surface area contributed by atoms with E-state index in [0.717, 1.165) is 63.1 Å². The summed E-state index contributed by atoms with van der Waals surface area (Å²) in [5, 5.41) is 11.9. The number of piperidine rings is 1. The first-order valence-corrected chi connectivity index (χ1v) is 10.3. The monoisotopic (exact) mass is 524 g/mol. The minimum absolute atomic E-state index is 0. The molecule has 2 aromatic rings. The molecule has 3 rings (SSSR count). The summed E-state index contributed by atoms with van der Waals surface area (Å²) >= 11 is 0. The van der Waals surface area contributed by atoms with Crippen LogP contribution in [0.15, 0.2) is 40.9 Å². The fourth-order valence-electron chi connectivity index (χ4n) is 3.35. The van der Waals surface area contributed by atoms with E-state index < -0.39 is 0 Å². The smallest absolute Gasteiger partial charge is 0.194 e. The van der Waals surface area contributed by atoms with E-state index >= 15 is 0 Å². The van der Waals surface area contributed by atoms with E-state index in [2.05, 4.69) is 56.8 Å². The zero-order valence-electron chi connectivity index (χ0n) is 18.2. The molecule has 0 radical (unpaired) electrons. The second-order valence-electron chi connectivity index (χ2n) is 7.34. The third kappa shape index (κ3) is 7.09. The van der Waals surface area contributed by atoms with Crippen LogP contribution in [-0.2, 0) is 18.3 Å². The summed E-state index contributed by atoms with van der Waals surface area (Å²) in [6.07, 6.45) is 5.38. The van der Waals surface area contributed by atoms with Crippen LogP contribution in [-0.4, -0.2) is 59.0 Å². The SMILES string of the molecule is COCCCNC(=NCc1nnc(C)n1C)N1CCC(=Cc2ccccc2)CC1.I. The number of halogens is 1. The standard InChI is InChI=1S/C22H32N6O.HI/c1-18-25-26-21(27(18)2)17-24-22(23-12-7-15-29-3)28-13-10-20(11-14-28)16-19-8-5-4-6-9-19;/h4-6,8-9,16H,7,10-15,17H2,1-3H3,(H,23,24);1H. The van der Waals surface area contributed by atoms with Crippen LogP contribution in [0.25, 0.3) is 6.08 Å². The number of methoxy groups -OCH3 is 1. The highest BCUT2D eigenvalue weighted by molar-refractivity contribution is 14.0. The summed E-state index contributed by atoms with van der Waals surface area (Å²) in [7, 11) is 3.71. The number of aliphatic imine (C=N–C) groups is 1. The van der Waals surface area contributed by atoms with Crippen LogP contribution in [0.2, 0.25) is 0 Å². The Morgan fingerprint density at radius 2 is 1.93 bits per heavy atom. The largest absolute Gasteiger partial charge is 0.385 e. The van der Waals surface area contributed by atoms with Gasteiger partial charge in [0.2, 0.25) is 0 Å². The van der Waals surface area contributed by atoms with Crippen molar-refractivity contribution in [2.75, 3.05) is 33.4 Å². The Balaban J connectivity index is 0.00000320. The summed E-state index contributed by atoms with van der Waals surface area (Å²) in [6.45, 7) is 5.99. The van der Waals surface area contributed by atoms with Crippen LogP contribution >= 0.6 is 24.0 Å². The number of aryl methyl sites for hydroxylation is 1. The first-order valence-electron chi connectivity index (χ1n) is 10.3. The molecule has 2 heterocycles. The molecular weight excluding hydrogens is 491 g/mol. The van der Waals surface area contributed by atoms with Crippen molar-refractivity contribution in [3.05, 3.63) is 53.1 Å². The van der Waals surface area contributed by atoms with Crippen LogP contribution in [0, 0.1) is 6.92 Å². The lowest BCUT2D eigenvalue weighted by Gasteiger charge is -2.31. The number of guanidine groups is 1. The molecular formula is C22H33IN6O. The Morgan fingerprint density at radius 1 is 1.20 bits per heavy atom. The van der Waals surface area contributed by atoms with E-state index in [1.807, 2.05) is 18.5 Å². The normalized spacial score (nSPS) is 14.4. The predicted octanol–water partition coefficient (Wildman–Crippen LogP) is 3.40. The van der Waals surface area contributed by atoms with Gasteiger partial charge in [0.25, 0.3) is 0 Å². The van der Waals surface area contributed by atoms with Crippen LogP contribution in [0.5, 0.6) is 0 Å². The first kappa shape index (κ1) is 24.3. The zero-order chi connectivity index (χ0) is 20.5. The van der Waals surface area contributed by atoms with Crippen molar-refractivity contribution in [2.45, 2.75) is 32.7 Å². The Kier molecular flexibility index (Phi) is 10.3. The molecule has 7 nitrogen and oxygen atoms in total. The predicted molar refractivity (Wildman–Crippen MR) is 132 cm³/mol. The van der Waals surface area contributed by atoms with Crippen LogP contribution < -0.4 is 5.32 Å². The number of benzene rings is 1. The van der Waals surface area contributed by atoms with E-state index in [1.54, 1.807) is 7.11 Å². The molecule has 1 aliphatic heterocycles. The number of nitrogens with one attached hydrogen (secondary N) is 1. The van der Waals surface area contributed by atoms with Crippen molar-refractivity contribution >= 4 is 36.0 Å². The van der Waals surface area contributed by atoms with Crippen LogP contribution in [0.1, 0.15) is 36.5 Å². The Morgan fingerprint density at radius 3 is 2.57 bits per heavy atom. The fourth-order valence-corrected chi connectivity index (χ4v) is 3.35. The molecule has 0 spiro atoms. The molecule has 1 saturated heterocycles. The summed E-state index contributed by atoms with van der Waals surface area (Å²) in [4.78, 5) is 7.19. The average Bonchev–Trinajstić information content (AvgIpc) is 3.07. The molecule has 1 aliphatic rings. The maximum atomic E-state index is 5.17. The van der Waals surface area contributed by atoms with Crippen molar-refractivity contribution in [2.24, 2.45) is 12.0 Å². The lowest BCUT2D eigenvalue weighted by molar-refractivity contribution is 0.195. The van der Waals surface area contributed by atoms with Gasteiger partial charge in [-0.05, 0) is 31.7 Å². The summed E-state index contributed by atoms with van der Waals surface area (Å²) in [5.41, 5.74) is 2.77. The third-order valence-corrected chi connectivity index (χ3v) is 5.24. The highest BCUT2D eigenvalue weighted by atomic mass is 127. The molecule has 0 bridgehead atoms. The Labute approximate surface area is 196 Å². The topological polar surface area (TPSA) is 67.6 Å². The van der Waals surface area contributed by atoms with Crippen molar-refractivity contribution in [3.63, 3.8) is 0 Å². The number of nitrogens with zero attached hydrogens (tertiary/aromatic N) is 5. The van der Waals surface area contributed by atoms with Gasteiger partial charge in [0, 0.05) is 40.4 Å². The molecule has 0 atom stereocenters. The van der Waals surface area contributed by atoms with Gasteiger partial charge in [0.05, 0.1) is 0 Å². The highest BCUT2D eigenvalue weighted by Gasteiger charge is 2.18. The number of hydrogen-bond acceptors (Lipinski definition) is 4. The molecule has 1 fully saturated rings. The maximum Gasteiger partial charge on any atom is 0.194 e. The zero-order valence-corrected chi connectivity index (χ0v) is 20.5. The summed E-state index contributed by atoms with van der Waals surface area (Å²) in [5.74, 6) is 2.72. The van der Waals surface area contributed by atoms with E-state index in [-0.39, 0.29) is 24.0 Å². The van der Waals surface area contributed by atoms with Gasteiger partial charge in [0.15, 0.2) is 11.8 Å². The molecule has 1 aromatic heterocycles. The average molecular weight is 524 g/mol. The van der Waals surface area contributed by atoms with Crippen LogP contribution in [0.4, 0.5) is 0 Å². The summed E-state index contributed by atoms with van der Waals surface area (Å²) in [6, 6.07) is 10.6. The van der Waals surface area contributed by atoms with Crippen LogP contribution in [0.3, 0.4) is 0 Å². The lowest BCUT2D eigenvalue weighted by Crippen LogP contribution is -2.45. The molecule has 0 amide bonds. The quantitative estimate of drug-likeness (QED) is 0.260. The van der Waals surface area contributed by atoms with E-state index in [1.165, 1.54) is 11.1 Å². The molecule has 0 aliphatic carbocycles. The third-order valence-electron chi connectivity index (χ3n) is 5.24. The highest BCUT2D eigenvalue weighted by Crippen LogP contribution is 2.19. The minimum atomic E-state index is 0. The number of likely N-dealkylation sites (tertiary alicyclic amines) is 1. The van der Waals surface area contributed by atoms with E-state index in [9.17, 15) is 0 Å². The molecule has 0 saturated carbocycles.